The van der Waals surface area contributed by atoms with Crippen LogP contribution >= 0.6 is 0 Å². The van der Waals surface area contributed by atoms with Crippen molar-refractivity contribution in [2.24, 2.45) is 0 Å². The first kappa shape index (κ1) is 48.8. The normalized spacial score (nSPS) is 11.3. The SMILES string of the molecule is CC(C)(C)c1ccc(Oc2cc(C(=O)OCc3ccccc3)c3c(C(=O)OCc4ccccc4)ccc4c5c(C#N)cc(C(=O)OCc6ccccc6)c6c(C(=O)OCc7ccccc7)cc(C#N)c(c2c34)c65)cc1. The molecule has 10 aromatic carbocycles. The molecule has 366 valence electrons. The Morgan fingerprint density at radius 1 is 0.400 bits per heavy atom. The van der Waals surface area contributed by atoms with E-state index in [4.69, 9.17) is 23.7 Å². The topological polar surface area (TPSA) is 162 Å². The molecule has 0 saturated carbocycles. The Hall–Kier alpha value is -9.84. The van der Waals surface area contributed by atoms with Gasteiger partial charge in [-0.3, -0.25) is 0 Å². The first-order chi connectivity index (χ1) is 36.4. The quantitative estimate of drug-likeness (QED) is 0.0441. The average Bonchev–Trinajstić information content (AvgIpc) is 3.44. The molecule has 0 aliphatic rings. The smallest absolute Gasteiger partial charge is 0.339 e. The van der Waals surface area contributed by atoms with Gasteiger partial charge in [-0.2, -0.15) is 10.5 Å². The van der Waals surface area contributed by atoms with Crippen molar-refractivity contribution in [3.05, 3.63) is 237 Å². The van der Waals surface area contributed by atoms with Crippen molar-refractivity contribution in [2.75, 3.05) is 0 Å². The zero-order valence-electron chi connectivity index (χ0n) is 41.1. The van der Waals surface area contributed by atoms with Crippen molar-refractivity contribution in [1.29, 1.82) is 10.5 Å². The number of fused-ring (bicyclic) bond motifs is 2. The summed E-state index contributed by atoms with van der Waals surface area (Å²) in [5.74, 6) is -2.86. The average molecular weight is 987 g/mol. The minimum atomic E-state index is -0.853. The molecule has 10 aromatic rings. The van der Waals surface area contributed by atoms with E-state index in [1.54, 1.807) is 42.5 Å². The van der Waals surface area contributed by atoms with Crippen LogP contribution in [0.15, 0.2) is 176 Å². The van der Waals surface area contributed by atoms with Crippen LogP contribution in [0.4, 0.5) is 0 Å². The largest absolute Gasteiger partial charge is 0.457 e. The monoisotopic (exact) mass is 986 g/mol. The molecule has 0 unspecified atom stereocenters. The molecule has 11 nitrogen and oxygen atoms in total. The lowest BCUT2D eigenvalue weighted by Gasteiger charge is -2.24. The minimum Gasteiger partial charge on any atom is -0.457 e. The maximum absolute atomic E-state index is 14.9. The van der Waals surface area contributed by atoms with Crippen LogP contribution in [-0.2, 0) is 50.8 Å². The molecule has 11 heteroatoms. The van der Waals surface area contributed by atoms with Gasteiger partial charge in [0, 0.05) is 37.7 Å². The number of carbonyl (C=O) groups is 4. The van der Waals surface area contributed by atoms with Gasteiger partial charge in [0.05, 0.1) is 45.5 Å². The van der Waals surface area contributed by atoms with Crippen molar-refractivity contribution in [3.63, 3.8) is 0 Å². The molecule has 0 aromatic heterocycles. The molecule has 10 rings (SSSR count). The summed E-state index contributed by atoms with van der Waals surface area (Å²) in [6.07, 6.45) is 0. The first-order valence-electron chi connectivity index (χ1n) is 24.2. The molecule has 0 saturated heterocycles. The van der Waals surface area contributed by atoms with E-state index in [-0.39, 0.29) is 109 Å². The van der Waals surface area contributed by atoms with Crippen LogP contribution in [0.3, 0.4) is 0 Å². The van der Waals surface area contributed by atoms with Gasteiger partial charge in [0.25, 0.3) is 0 Å². The Morgan fingerprint density at radius 2 is 0.787 bits per heavy atom. The lowest BCUT2D eigenvalue weighted by atomic mass is 9.81. The second-order valence-corrected chi connectivity index (χ2v) is 19.0. The van der Waals surface area contributed by atoms with E-state index >= 15 is 0 Å². The predicted molar refractivity (Wildman–Crippen MR) is 285 cm³/mol. The highest BCUT2D eigenvalue weighted by atomic mass is 16.5. The number of esters is 4. The third-order valence-corrected chi connectivity index (χ3v) is 13.1. The van der Waals surface area contributed by atoms with Crippen molar-refractivity contribution in [1.82, 2.24) is 0 Å². The van der Waals surface area contributed by atoms with Crippen LogP contribution in [0.25, 0.3) is 43.1 Å². The fraction of sp³-hybridized carbons (Fsp3) is 0.125. The number of nitriles is 2. The third-order valence-electron chi connectivity index (χ3n) is 13.1. The molecule has 0 bridgehead atoms. The van der Waals surface area contributed by atoms with E-state index in [9.17, 15) is 29.7 Å². The van der Waals surface area contributed by atoms with E-state index in [2.05, 4.69) is 32.9 Å². The minimum absolute atomic E-state index is 0.0161. The summed E-state index contributed by atoms with van der Waals surface area (Å²) < 4.78 is 30.7. The van der Waals surface area contributed by atoms with Gasteiger partial charge in [-0.05, 0) is 75.0 Å². The molecule has 0 spiro atoms. The summed E-state index contributed by atoms with van der Waals surface area (Å²) in [5.41, 5.74) is 3.17. The molecule has 0 aliphatic carbocycles. The van der Waals surface area contributed by atoms with Crippen molar-refractivity contribution < 1.29 is 42.9 Å². The van der Waals surface area contributed by atoms with E-state index in [0.717, 1.165) is 11.1 Å². The van der Waals surface area contributed by atoms with E-state index in [1.807, 2.05) is 109 Å². The summed E-state index contributed by atoms with van der Waals surface area (Å²) >= 11 is 0. The summed E-state index contributed by atoms with van der Waals surface area (Å²) in [5, 5.41) is 24.0. The van der Waals surface area contributed by atoms with Gasteiger partial charge >= 0.3 is 23.9 Å². The number of nitrogens with zero attached hydrogens (tertiary/aromatic N) is 2. The number of benzene rings is 10. The zero-order valence-corrected chi connectivity index (χ0v) is 41.1. The molecule has 0 radical (unpaired) electrons. The van der Waals surface area contributed by atoms with Crippen LogP contribution < -0.4 is 4.74 Å². The maximum Gasteiger partial charge on any atom is 0.339 e. The predicted octanol–water partition coefficient (Wildman–Crippen LogP) is 14.0. The Labute approximate surface area is 432 Å². The van der Waals surface area contributed by atoms with E-state index in [1.165, 1.54) is 24.3 Å². The molecule has 0 amide bonds. The van der Waals surface area contributed by atoms with Crippen molar-refractivity contribution >= 4 is 67.0 Å². The second-order valence-electron chi connectivity index (χ2n) is 19.0. The highest BCUT2D eigenvalue weighted by Gasteiger charge is 2.33. The van der Waals surface area contributed by atoms with Crippen LogP contribution in [0, 0.1) is 22.7 Å². The van der Waals surface area contributed by atoms with Gasteiger partial charge in [0.2, 0.25) is 0 Å². The Morgan fingerprint density at radius 3 is 1.20 bits per heavy atom. The summed E-state index contributed by atoms with van der Waals surface area (Å²) in [7, 11) is 0. The first-order valence-corrected chi connectivity index (χ1v) is 24.2. The van der Waals surface area contributed by atoms with Gasteiger partial charge in [-0.15, -0.1) is 0 Å². The van der Waals surface area contributed by atoms with Gasteiger partial charge in [0.1, 0.15) is 37.9 Å². The molecule has 0 fully saturated rings. The third kappa shape index (κ3) is 9.79. The Balaban J connectivity index is 1.31. The highest BCUT2D eigenvalue weighted by Crippen LogP contribution is 2.51. The van der Waals surface area contributed by atoms with Crippen LogP contribution in [0.2, 0.25) is 0 Å². The number of hydrogen-bond acceptors (Lipinski definition) is 11. The molecule has 0 aliphatic heterocycles. The molecule has 75 heavy (non-hydrogen) atoms. The zero-order chi connectivity index (χ0) is 52.2. The van der Waals surface area contributed by atoms with Crippen LogP contribution in [-0.4, -0.2) is 23.9 Å². The fourth-order valence-corrected chi connectivity index (χ4v) is 9.44. The van der Waals surface area contributed by atoms with Gasteiger partial charge < -0.3 is 23.7 Å². The lowest BCUT2D eigenvalue weighted by Crippen LogP contribution is -2.14. The van der Waals surface area contributed by atoms with Crippen LogP contribution in [0.5, 0.6) is 11.5 Å². The molecular formula is C64H46N2O9. The number of carbonyl (C=O) groups excluding carboxylic acids is 4. The molecular weight excluding hydrogens is 941 g/mol. The lowest BCUT2D eigenvalue weighted by molar-refractivity contribution is 0.0458. The van der Waals surface area contributed by atoms with Crippen molar-refractivity contribution in [2.45, 2.75) is 52.6 Å². The number of hydrogen-bond donors (Lipinski definition) is 0. The molecule has 0 atom stereocenters. The summed E-state index contributed by atoms with van der Waals surface area (Å²) in [6, 6.07) is 55.7. The molecule has 0 N–H and O–H groups in total. The van der Waals surface area contributed by atoms with Gasteiger partial charge in [0.15, 0.2) is 0 Å². The Bertz CT molecular complexity index is 3850. The van der Waals surface area contributed by atoms with Crippen molar-refractivity contribution in [3.8, 4) is 23.6 Å². The second kappa shape index (κ2) is 20.7. The highest BCUT2D eigenvalue weighted by molar-refractivity contribution is 6.41. The fourth-order valence-electron chi connectivity index (χ4n) is 9.44. The van der Waals surface area contributed by atoms with Crippen LogP contribution in [0.1, 0.15) is 101 Å². The van der Waals surface area contributed by atoms with E-state index < -0.39 is 23.9 Å². The summed E-state index contributed by atoms with van der Waals surface area (Å²) in [4.78, 5) is 58.9. The molecule has 0 heterocycles. The van der Waals surface area contributed by atoms with E-state index in [0.29, 0.717) is 27.8 Å². The standard InChI is InChI=1S/C64H46N2O9/c1-64(2,3)45-24-26-46(27-25-45)75-52-32-51(63(70)74-38-42-22-14-7-15-23-42)55-48(60(67)71-35-39-16-8-4-9-17-39)29-28-47-53-43(33-65)30-49(61(68)72-36-40-18-10-5-11-19-40)56-50(62(69)73-37-41-20-12-6-13-21-41)31-44(34-66)54(59(53)56)58(52)57(47)55/h4-32H,35-38H2,1-3H3. The summed E-state index contributed by atoms with van der Waals surface area (Å²) in [6.45, 7) is 5.77. The van der Waals surface area contributed by atoms with Gasteiger partial charge in [-0.25, -0.2) is 19.2 Å². The number of ether oxygens (including phenoxy) is 5. The Kier molecular flexibility index (Phi) is 13.5. The van der Waals surface area contributed by atoms with Gasteiger partial charge in [-0.1, -0.05) is 160 Å². The number of rotatable bonds is 14. The maximum atomic E-state index is 14.9.